The molecule has 0 saturated carbocycles. The van der Waals surface area contributed by atoms with Gasteiger partial charge in [-0.1, -0.05) is 6.92 Å². The second-order valence-electron chi connectivity index (χ2n) is 4.20. The van der Waals surface area contributed by atoms with Crippen molar-refractivity contribution in [3.8, 4) is 0 Å². The van der Waals surface area contributed by atoms with Gasteiger partial charge in [0.2, 0.25) is 5.95 Å². The summed E-state index contributed by atoms with van der Waals surface area (Å²) in [4.78, 5) is 8.69. The van der Waals surface area contributed by atoms with Crippen molar-refractivity contribution < 1.29 is 5.11 Å². The van der Waals surface area contributed by atoms with Crippen molar-refractivity contribution in [2.24, 2.45) is 0 Å². The van der Waals surface area contributed by atoms with E-state index in [1.54, 1.807) is 0 Å². The normalized spacial score (nSPS) is 12.2. The highest BCUT2D eigenvalue weighted by Crippen LogP contribution is 2.11. The lowest BCUT2D eigenvalue weighted by Gasteiger charge is -2.14. The number of hydrogen-bond donors (Lipinski definition) is 3. The van der Waals surface area contributed by atoms with Gasteiger partial charge in [-0.25, -0.2) is 4.98 Å². The first-order valence-corrected chi connectivity index (χ1v) is 6.12. The van der Waals surface area contributed by atoms with Gasteiger partial charge < -0.3 is 15.7 Å². The summed E-state index contributed by atoms with van der Waals surface area (Å²) in [5.41, 5.74) is 0.928. The molecule has 0 amide bonds. The first kappa shape index (κ1) is 13.7. The Kier molecular flexibility index (Phi) is 5.69. The largest absolute Gasteiger partial charge is 0.396 e. The van der Waals surface area contributed by atoms with Crippen LogP contribution in [-0.4, -0.2) is 34.3 Å². The summed E-state index contributed by atoms with van der Waals surface area (Å²) in [6.07, 6.45) is 1.75. The molecule has 1 aromatic rings. The van der Waals surface area contributed by atoms with Crippen LogP contribution in [-0.2, 0) is 0 Å². The predicted molar refractivity (Wildman–Crippen MR) is 70.3 cm³/mol. The van der Waals surface area contributed by atoms with Crippen LogP contribution in [0.2, 0.25) is 0 Å². The molecule has 3 N–H and O–H groups in total. The quantitative estimate of drug-likeness (QED) is 0.675. The van der Waals surface area contributed by atoms with Gasteiger partial charge in [0.15, 0.2) is 0 Å². The monoisotopic (exact) mass is 238 g/mol. The minimum atomic E-state index is 0.180. The lowest BCUT2D eigenvalue weighted by molar-refractivity contribution is 0.282. The molecule has 1 heterocycles. The molecular formula is C12H22N4O. The van der Waals surface area contributed by atoms with Gasteiger partial charge in [0, 0.05) is 31.0 Å². The summed E-state index contributed by atoms with van der Waals surface area (Å²) in [5, 5.41) is 15.3. The lowest BCUT2D eigenvalue weighted by atomic mass is 10.2. The Morgan fingerprint density at radius 3 is 2.82 bits per heavy atom. The van der Waals surface area contributed by atoms with E-state index in [0.717, 1.165) is 24.5 Å². The van der Waals surface area contributed by atoms with Crippen LogP contribution in [0.4, 0.5) is 11.8 Å². The maximum absolute atomic E-state index is 8.85. The minimum Gasteiger partial charge on any atom is -0.396 e. The number of anilines is 2. The molecule has 0 aromatic carbocycles. The number of nitrogens with zero attached hydrogens (tertiary/aromatic N) is 2. The van der Waals surface area contributed by atoms with Crippen molar-refractivity contribution in [2.45, 2.75) is 39.7 Å². The Morgan fingerprint density at radius 1 is 1.41 bits per heavy atom. The summed E-state index contributed by atoms with van der Waals surface area (Å²) in [5.74, 6) is 1.46. The van der Waals surface area contributed by atoms with Gasteiger partial charge in [-0.05, 0) is 26.7 Å². The fourth-order valence-electron chi connectivity index (χ4n) is 1.48. The van der Waals surface area contributed by atoms with E-state index >= 15 is 0 Å². The van der Waals surface area contributed by atoms with E-state index in [1.165, 1.54) is 0 Å². The van der Waals surface area contributed by atoms with Crippen LogP contribution in [0.3, 0.4) is 0 Å². The van der Waals surface area contributed by atoms with Crippen LogP contribution in [0.5, 0.6) is 0 Å². The number of aliphatic hydroxyl groups excluding tert-OH is 1. The van der Waals surface area contributed by atoms with Crippen LogP contribution in [0, 0.1) is 6.92 Å². The number of nitrogens with one attached hydrogen (secondary N) is 2. The van der Waals surface area contributed by atoms with Crippen molar-refractivity contribution in [1.29, 1.82) is 0 Å². The second-order valence-corrected chi connectivity index (χ2v) is 4.20. The Bertz CT molecular complexity index is 343. The molecule has 0 aliphatic carbocycles. The molecule has 5 heteroatoms. The Labute approximate surface area is 103 Å². The van der Waals surface area contributed by atoms with Crippen LogP contribution >= 0.6 is 0 Å². The maximum atomic E-state index is 8.85. The number of hydrogen-bond acceptors (Lipinski definition) is 5. The molecular weight excluding hydrogens is 216 g/mol. The Balaban J connectivity index is 2.67. The zero-order valence-corrected chi connectivity index (χ0v) is 10.8. The van der Waals surface area contributed by atoms with E-state index in [9.17, 15) is 0 Å². The number of rotatable bonds is 7. The molecule has 0 radical (unpaired) electrons. The van der Waals surface area contributed by atoms with Crippen molar-refractivity contribution in [3.05, 3.63) is 11.8 Å². The third-order valence-corrected chi connectivity index (χ3v) is 2.34. The van der Waals surface area contributed by atoms with E-state index in [0.29, 0.717) is 12.4 Å². The first-order valence-electron chi connectivity index (χ1n) is 6.12. The fourth-order valence-corrected chi connectivity index (χ4v) is 1.48. The molecule has 5 nitrogen and oxygen atoms in total. The topological polar surface area (TPSA) is 70.1 Å². The van der Waals surface area contributed by atoms with Gasteiger partial charge >= 0.3 is 0 Å². The summed E-state index contributed by atoms with van der Waals surface area (Å²) in [6.45, 7) is 7.12. The SMILES string of the molecule is CCCNc1nc(C)cc(NC(C)CCO)n1. The fraction of sp³-hybridized carbons (Fsp3) is 0.667. The number of aryl methyl sites for hydroxylation is 1. The van der Waals surface area contributed by atoms with E-state index in [2.05, 4.69) is 27.5 Å². The van der Waals surface area contributed by atoms with Crippen molar-refractivity contribution in [2.75, 3.05) is 23.8 Å². The molecule has 96 valence electrons. The summed E-state index contributed by atoms with van der Waals surface area (Å²) < 4.78 is 0. The lowest BCUT2D eigenvalue weighted by Crippen LogP contribution is -2.18. The molecule has 1 rings (SSSR count). The molecule has 1 atom stereocenters. The van der Waals surface area contributed by atoms with Crippen LogP contribution < -0.4 is 10.6 Å². The Hall–Kier alpha value is -1.36. The molecule has 0 fully saturated rings. The smallest absolute Gasteiger partial charge is 0.224 e. The van der Waals surface area contributed by atoms with Crippen molar-refractivity contribution in [3.63, 3.8) is 0 Å². The van der Waals surface area contributed by atoms with Gasteiger partial charge in [-0.2, -0.15) is 4.98 Å². The van der Waals surface area contributed by atoms with Crippen molar-refractivity contribution in [1.82, 2.24) is 9.97 Å². The highest BCUT2D eigenvalue weighted by atomic mass is 16.3. The average molecular weight is 238 g/mol. The maximum Gasteiger partial charge on any atom is 0.224 e. The van der Waals surface area contributed by atoms with E-state index < -0.39 is 0 Å². The highest BCUT2D eigenvalue weighted by molar-refractivity contribution is 5.42. The summed E-state index contributed by atoms with van der Waals surface area (Å²) in [6, 6.07) is 2.11. The van der Waals surface area contributed by atoms with Crippen LogP contribution in [0.25, 0.3) is 0 Å². The Morgan fingerprint density at radius 2 is 2.18 bits per heavy atom. The third-order valence-electron chi connectivity index (χ3n) is 2.34. The molecule has 0 saturated heterocycles. The molecule has 17 heavy (non-hydrogen) atoms. The zero-order valence-electron chi connectivity index (χ0n) is 10.8. The van der Waals surface area contributed by atoms with Gasteiger partial charge in [0.25, 0.3) is 0 Å². The zero-order chi connectivity index (χ0) is 12.7. The standard InChI is InChI=1S/C12H22N4O/c1-4-6-13-12-15-10(3)8-11(16-12)14-9(2)5-7-17/h8-9,17H,4-7H2,1-3H3,(H2,13,14,15,16). The molecule has 1 unspecified atom stereocenters. The van der Waals surface area contributed by atoms with E-state index in [-0.39, 0.29) is 12.6 Å². The van der Waals surface area contributed by atoms with Gasteiger partial charge in [-0.3, -0.25) is 0 Å². The second kappa shape index (κ2) is 7.06. The van der Waals surface area contributed by atoms with Gasteiger partial charge in [0.05, 0.1) is 0 Å². The highest BCUT2D eigenvalue weighted by Gasteiger charge is 2.05. The van der Waals surface area contributed by atoms with Crippen LogP contribution in [0.1, 0.15) is 32.4 Å². The van der Waals surface area contributed by atoms with E-state index in [4.69, 9.17) is 5.11 Å². The van der Waals surface area contributed by atoms with Gasteiger partial charge in [-0.15, -0.1) is 0 Å². The minimum absolute atomic E-state index is 0.180. The summed E-state index contributed by atoms with van der Waals surface area (Å²) >= 11 is 0. The van der Waals surface area contributed by atoms with E-state index in [1.807, 2.05) is 19.9 Å². The third kappa shape index (κ3) is 4.99. The molecule has 0 aliphatic rings. The van der Waals surface area contributed by atoms with Crippen molar-refractivity contribution >= 4 is 11.8 Å². The van der Waals surface area contributed by atoms with Crippen LogP contribution in [0.15, 0.2) is 6.07 Å². The average Bonchev–Trinajstić information content (AvgIpc) is 2.25. The molecule has 0 bridgehead atoms. The predicted octanol–water partition coefficient (Wildman–Crippen LogP) is 1.79. The van der Waals surface area contributed by atoms with Gasteiger partial charge in [0.1, 0.15) is 5.82 Å². The molecule has 0 spiro atoms. The molecule has 1 aromatic heterocycles. The molecule has 0 aliphatic heterocycles. The number of aromatic nitrogens is 2. The summed E-state index contributed by atoms with van der Waals surface area (Å²) in [7, 11) is 0. The first-order chi connectivity index (χ1) is 8.15. The number of aliphatic hydroxyl groups is 1.